The van der Waals surface area contributed by atoms with Crippen molar-refractivity contribution in [1.82, 2.24) is 25.3 Å². The summed E-state index contributed by atoms with van der Waals surface area (Å²) in [6.45, 7) is 4.27. The molecule has 12 nitrogen and oxygen atoms in total. The standard InChI is InChI=1S/C55H62F7N5O7/c56-45-15-13-42(14-16-45)53(36-67(37-74-53)51(71)41-30-43(54(57,58)59)33-44(31-41)55(60,61)62)21-29-66-27-19-52(20-28-66)46-11-5-4-10-40(46)32-47(52)72-35-48(68)63-22-7-23-64-50(70)39-17-25-65(26-18-39)24-6-12-49(69)73-34-38-8-2-1-3-9-38/h1-5,8-11,13-16,30-31,33,39,47H,6-7,12,17-29,32,34-37H2,(H,63,68)(H,64,70)/t47-,53-/m0/s1. The molecule has 0 bridgehead atoms. The number of nitrogens with zero attached hydrogens (tertiary/aromatic N) is 3. The first kappa shape index (κ1) is 54.4. The van der Waals surface area contributed by atoms with Crippen LogP contribution in [-0.4, -0.2) is 117 Å². The molecule has 4 aromatic rings. The van der Waals surface area contributed by atoms with E-state index in [0.29, 0.717) is 88.9 Å². The Morgan fingerprint density at radius 3 is 2.08 bits per heavy atom. The Labute approximate surface area is 425 Å². The number of carbonyl (C=O) groups is 4. The second-order valence-electron chi connectivity index (χ2n) is 19.8. The number of benzene rings is 4. The van der Waals surface area contributed by atoms with Gasteiger partial charge in [-0.2, -0.15) is 26.3 Å². The zero-order chi connectivity index (χ0) is 52.5. The SMILES string of the molecule is O=C(CO[C@H]1Cc2ccccc2C12CCN(CC[C@@]1(c3ccc(F)cc3)CN(C(=O)c3cc(C(F)(F)F)cc(C(F)(F)F)c3)CO1)CC2)NCCCNC(=O)C1CCN(CCCC(=O)OCc2ccccc2)CC1. The summed E-state index contributed by atoms with van der Waals surface area (Å²) in [4.78, 5) is 57.4. The highest BCUT2D eigenvalue weighted by Crippen LogP contribution is 2.48. The number of rotatable bonds is 19. The number of amides is 3. The lowest BCUT2D eigenvalue weighted by Crippen LogP contribution is -2.49. The van der Waals surface area contributed by atoms with Crippen molar-refractivity contribution >= 4 is 23.7 Å². The minimum absolute atomic E-state index is 0.00410. The van der Waals surface area contributed by atoms with Crippen LogP contribution in [-0.2, 0) is 65.0 Å². The monoisotopic (exact) mass is 1040 g/mol. The molecule has 2 atom stereocenters. The van der Waals surface area contributed by atoms with E-state index in [-0.39, 0.29) is 67.5 Å². The number of esters is 1. The van der Waals surface area contributed by atoms with Gasteiger partial charge in [0.1, 0.15) is 31.4 Å². The number of halogens is 7. The van der Waals surface area contributed by atoms with Gasteiger partial charge in [-0.3, -0.25) is 19.2 Å². The van der Waals surface area contributed by atoms with Crippen LogP contribution in [0.1, 0.15) is 95.1 Å². The van der Waals surface area contributed by atoms with Crippen molar-refractivity contribution in [3.8, 4) is 0 Å². The van der Waals surface area contributed by atoms with Crippen LogP contribution in [0.4, 0.5) is 30.7 Å². The summed E-state index contributed by atoms with van der Waals surface area (Å²) in [5.41, 5.74) is -1.86. The van der Waals surface area contributed by atoms with Gasteiger partial charge in [-0.1, -0.05) is 66.7 Å². The van der Waals surface area contributed by atoms with E-state index in [2.05, 4.69) is 32.6 Å². The topological polar surface area (TPSA) is 130 Å². The fourth-order valence-corrected chi connectivity index (χ4v) is 10.9. The van der Waals surface area contributed by atoms with Gasteiger partial charge in [-0.25, -0.2) is 4.39 Å². The zero-order valence-corrected chi connectivity index (χ0v) is 41.1. The summed E-state index contributed by atoms with van der Waals surface area (Å²) in [5, 5.41) is 5.93. The molecule has 74 heavy (non-hydrogen) atoms. The van der Waals surface area contributed by atoms with Crippen LogP contribution in [0, 0.1) is 11.7 Å². The summed E-state index contributed by atoms with van der Waals surface area (Å²) in [6.07, 6.45) is -5.24. The molecule has 2 N–H and O–H groups in total. The molecule has 4 aromatic carbocycles. The molecule has 398 valence electrons. The van der Waals surface area contributed by atoms with E-state index in [1.165, 1.54) is 29.8 Å². The number of hydrogen-bond donors (Lipinski definition) is 2. The van der Waals surface area contributed by atoms with E-state index in [4.69, 9.17) is 14.2 Å². The van der Waals surface area contributed by atoms with Gasteiger partial charge in [0.2, 0.25) is 11.8 Å². The maximum Gasteiger partial charge on any atom is 0.416 e. The van der Waals surface area contributed by atoms with Crippen LogP contribution in [0.3, 0.4) is 0 Å². The Kier molecular flexibility index (Phi) is 17.5. The second-order valence-corrected chi connectivity index (χ2v) is 19.8. The molecule has 3 aliphatic heterocycles. The first-order valence-electron chi connectivity index (χ1n) is 25.3. The Morgan fingerprint density at radius 1 is 0.743 bits per heavy atom. The molecule has 3 fully saturated rings. The average Bonchev–Trinajstić information content (AvgIpc) is 3.96. The van der Waals surface area contributed by atoms with Crippen LogP contribution in [0.5, 0.6) is 0 Å². The van der Waals surface area contributed by atoms with Gasteiger partial charge in [0.05, 0.1) is 23.8 Å². The fourth-order valence-electron chi connectivity index (χ4n) is 10.9. The van der Waals surface area contributed by atoms with Crippen molar-refractivity contribution in [2.24, 2.45) is 5.92 Å². The van der Waals surface area contributed by atoms with Crippen LogP contribution >= 0.6 is 0 Å². The van der Waals surface area contributed by atoms with Crippen molar-refractivity contribution < 1.29 is 64.1 Å². The largest absolute Gasteiger partial charge is 0.461 e. The van der Waals surface area contributed by atoms with Gasteiger partial charge < -0.3 is 39.5 Å². The predicted molar refractivity (Wildman–Crippen MR) is 259 cm³/mol. The molecule has 0 aromatic heterocycles. The van der Waals surface area contributed by atoms with Crippen LogP contribution < -0.4 is 10.6 Å². The van der Waals surface area contributed by atoms with Gasteiger partial charge in [0.25, 0.3) is 5.91 Å². The van der Waals surface area contributed by atoms with Crippen molar-refractivity contribution in [3.63, 3.8) is 0 Å². The molecule has 0 unspecified atom stereocenters. The number of hydrogen-bond acceptors (Lipinski definition) is 9. The van der Waals surface area contributed by atoms with Crippen LogP contribution in [0.2, 0.25) is 0 Å². The first-order chi connectivity index (χ1) is 35.4. The summed E-state index contributed by atoms with van der Waals surface area (Å²) in [6, 6.07) is 23.9. The molecule has 19 heteroatoms. The molecular formula is C55H62F7N5O7. The third kappa shape index (κ3) is 13.5. The van der Waals surface area contributed by atoms with Crippen LogP contribution in [0.15, 0.2) is 97.1 Å². The maximum absolute atomic E-state index is 14.1. The lowest BCUT2D eigenvalue weighted by Gasteiger charge is -2.44. The van der Waals surface area contributed by atoms with E-state index >= 15 is 0 Å². The number of nitrogens with one attached hydrogen (secondary N) is 2. The Hall–Kier alpha value is -5.89. The number of carbonyl (C=O) groups excluding carboxylic acids is 4. The third-order valence-electron chi connectivity index (χ3n) is 15.0. The highest BCUT2D eigenvalue weighted by molar-refractivity contribution is 5.95. The number of piperidine rings is 2. The van der Waals surface area contributed by atoms with Gasteiger partial charge in [0, 0.05) is 43.0 Å². The van der Waals surface area contributed by atoms with E-state index in [1.807, 2.05) is 42.5 Å². The van der Waals surface area contributed by atoms with Crippen molar-refractivity contribution in [3.05, 3.63) is 142 Å². The Balaban J connectivity index is 0.778. The summed E-state index contributed by atoms with van der Waals surface area (Å²) >= 11 is 0. The molecule has 3 amide bonds. The first-order valence-corrected chi connectivity index (χ1v) is 25.3. The van der Waals surface area contributed by atoms with Crippen molar-refractivity contribution in [2.45, 2.75) is 93.9 Å². The van der Waals surface area contributed by atoms with Gasteiger partial charge in [-0.15, -0.1) is 0 Å². The predicted octanol–water partition coefficient (Wildman–Crippen LogP) is 8.41. The van der Waals surface area contributed by atoms with E-state index < -0.39 is 53.1 Å². The summed E-state index contributed by atoms with van der Waals surface area (Å²) < 4.78 is 114. The minimum atomic E-state index is -5.14. The Bertz CT molecular complexity index is 2540. The number of likely N-dealkylation sites (tertiary alicyclic amines) is 2. The second kappa shape index (κ2) is 23.8. The smallest absolute Gasteiger partial charge is 0.416 e. The minimum Gasteiger partial charge on any atom is -0.461 e. The summed E-state index contributed by atoms with van der Waals surface area (Å²) in [7, 11) is 0. The van der Waals surface area contributed by atoms with Crippen molar-refractivity contribution in [1.29, 1.82) is 0 Å². The van der Waals surface area contributed by atoms with E-state index in [1.54, 1.807) is 0 Å². The molecule has 0 saturated carbocycles. The highest BCUT2D eigenvalue weighted by atomic mass is 19.4. The summed E-state index contributed by atoms with van der Waals surface area (Å²) in [5.74, 6) is -2.16. The average molecular weight is 1040 g/mol. The quantitative estimate of drug-likeness (QED) is 0.0541. The fraction of sp³-hybridized carbons (Fsp3) is 0.491. The van der Waals surface area contributed by atoms with Gasteiger partial charge >= 0.3 is 18.3 Å². The molecule has 3 saturated heterocycles. The lowest BCUT2D eigenvalue weighted by atomic mass is 9.72. The maximum atomic E-state index is 14.1. The zero-order valence-electron chi connectivity index (χ0n) is 41.1. The molecule has 8 rings (SSSR count). The van der Waals surface area contributed by atoms with Gasteiger partial charge in [-0.05, 0) is 137 Å². The Morgan fingerprint density at radius 2 is 1.39 bits per heavy atom. The number of fused-ring (bicyclic) bond motifs is 2. The van der Waals surface area contributed by atoms with Crippen molar-refractivity contribution in [2.75, 3.05) is 72.2 Å². The molecule has 4 aliphatic rings. The molecular weight excluding hydrogens is 976 g/mol. The highest BCUT2D eigenvalue weighted by Gasteiger charge is 2.50. The van der Waals surface area contributed by atoms with E-state index in [9.17, 15) is 49.9 Å². The van der Waals surface area contributed by atoms with E-state index in [0.717, 1.165) is 48.5 Å². The van der Waals surface area contributed by atoms with Crippen LogP contribution in [0.25, 0.3) is 0 Å². The number of alkyl halides is 6. The third-order valence-corrected chi connectivity index (χ3v) is 15.0. The molecule has 0 radical (unpaired) electrons. The van der Waals surface area contributed by atoms with Gasteiger partial charge in [0.15, 0.2) is 0 Å². The number of ether oxygens (including phenoxy) is 3. The molecule has 3 heterocycles. The normalized spacial score (nSPS) is 20.4. The lowest BCUT2D eigenvalue weighted by molar-refractivity contribution is -0.145. The molecule has 1 aliphatic carbocycles. The molecule has 1 spiro atoms.